The van der Waals surface area contributed by atoms with Crippen molar-refractivity contribution in [3.63, 3.8) is 0 Å². The van der Waals surface area contributed by atoms with Crippen LogP contribution in [-0.2, 0) is 6.18 Å². The van der Waals surface area contributed by atoms with Crippen LogP contribution >= 0.6 is 11.8 Å². The molecule has 0 bridgehead atoms. The smallest absolute Gasteiger partial charge is 0.268 e. The number of aromatic nitrogens is 2. The first-order valence-corrected chi connectivity index (χ1v) is 8.30. The van der Waals surface area contributed by atoms with Crippen LogP contribution in [0.25, 0.3) is 0 Å². The van der Waals surface area contributed by atoms with Crippen LogP contribution in [0.1, 0.15) is 48.8 Å². The third kappa shape index (κ3) is 2.90. The molecule has 1 aromatic heterocycles. The fourth-order valence-electron chi connectivity index (χ4n) is 2.66. The molecule has 8 heteroatoms. The van der Waals surface area contributed by atoms with E-state index in [2.05, 4.69) is 10.1 Å². The molecule has 0 aliphatic carbocycles. The lowest BCUT2D eigenvalue weighted by Crippen LogP contribution is -2.14. The number of alkyl halides is 3. The minimum atomic E-state index is -4.38. The largest absolute Gasteiger partial charge is 0.416 e. The number of H-pyrrole nitrogens is 1. The van der Waals surface area contributed by atoms with E-state index in [0.29, 0.717) is 16.9 Å². The fraction of sp³-hybridized carbons (Fsp3) is 0.375. The maximum absolute atomic E-state index is 12.7. The zero-order valence-corrected chi connectivity index (χ0v) is 14.1. The van der Waals surface area contributed by atoms with Crippen molar-refractivity contribution in [3.8, 4) is 0 Å². The zero-order chi connectivity index (χ0) is 17.6. The molecule has 0 fully saturated rings. The first-order chi connectivity index (χ1) is 11.2. The highest BCUT2D eigenvalue weighted by Gasteiger charge is 2.33. The van der Waals surface area contributed by atoms with Crippen LogP contribution in [0.4, 0.5) is 19.0 Å². The number of aromatic amines is 1. The van der Waals surface area contributed by atoms with Gasteiger partial charge in [0.25, 0.3) is 5.56 Å². The van der Waals surface area contributed by atoms with Crippen LogP contribution in [-0.4, -0.2) is 14.8 Å². The van der Waals surface area contributed by atoms with E-state index in [9.17, 15) is 18.0 Å². The molecule has 1 aliphatic heterocycles. The van der Waals surface area contributed by atoms with Gasteiger partial charge in [0, 0.05) is 6.04 Å². The Kier molecular flexibility index (Phi) is 4.11. The molecule has 1 atom stereocenters. The number of hydrogen-bond acceptors (Lipinski definition) is 3. The summed E-state index contributed by atoms with van der Waals surface area (Å²) in [5.41, 5.74) is 0.174. The molecule has 0 saturated heterocycles. The van der Waals surface area contributed by atoms with E-state index in [1.807, 2.05) is 20.8 Å². The van der Waals surface area contributed by atoms with Gasteiger partial charge in [-0.25, -0.2) is 4.99 Å². The highest BCUT2D eigenvalue weighted by atomic mass is 32.2. The van der Waals surface area contributed by atoms with Gasteiger partial charge in [0.2, 0.25) is 0 Å². The highest BCUT2D eigenvalue weighted by Crippen LogP contribution is 2.44. The average Bonchev–Trinajstić information content (AvgIpc) is 2.83. The Morgan fingerprint density at radius 2 is 1.88 bits per heavy atom. The molecule has 0 saturated carbocycles. The van der Waals surface area contributed by atoms with Gasteiger partial charge in [0.05, 0.1) is 21.4 Å². The fourth-order valence-corrected chi connectivity index (χ4v) is 3.77. The molecule has 0 amide bonds. The van der Waals surface area contributed by atoms with Crippen molar-refractivity contribution in [3.05, 3.63) is 51.3 Å². The Balaban J connectivity index is 2.09. The summed E-state index contributed by atoms with van der Waals surface area (Å²) in [4.78, 5) is 16.8. The number of fused-ring (bicyclic) bond motifs is 1. The van der Waals surface area contributed by atoms with Crippen molar-refractivity contribution < 1.29 is 13.2 Å². The van der Waals surface area contributed by atoms with Crippen molar-refractivity contribution in [2.75, 3.05) is 0 Å². The molecule has 24 heavy (non-hydrogen) atoms. The van der Waals surface area contributed by atoms with Crippen LogP contribution in [0.2, 0.25) is 0 Å². The average molecular weight is 355 g/mol. The summed E-state index contributed by atoms with van der Waals surface area (Å²) in [5, 5.41) is 3.16. The number of halogens is 3. The molecule has 1 aromatic carbocycles. The molecule has 3 rings (SSSR count). The molecule has 0 radical (unpaired) electrons. The monoisotopic (exact) mass is 355 g/mol. The number of benzene rings is 1. The molecule has 2 aromatic rings. The molecule has 128 valence electrons. The van der Waals surface area contributed by atoms with Gasteiger partial charge in [-0.3, -0.25) is 14.6 Å². The SMILES string of the molecule is CC1=Nc2c(c(=O)[nH]n2C(C)C)[C@H](c2ccc(C(F)(F)F)cc2)S1. The highest BCUT2D eigenvalue weighted by molar-refractivity contribution is 8.14. The number of nitrogens with zero attached hydrogens (tertiary/aromatic N) is 2. The Labute approximate surface area is 140 Å². The van der Waals surface area contributed by atoms with Gasteiger partial charge in [-0.05, 0) is 38.5 Å². The van der Waals surface area contributed by atoms with Crippen molar-refractivity contribution >= 4 is 22.6 Å². The number of rotatable bonds is 2. The van der Waals surface area contributed by atoms with E-state index in [1.54, 1.807) is 4.68 Å². The van der Waals surface area contributed by atoms with Gasteiger partial charge in [0.15, 0.2) is 5.82 Å². The van der Waals surface area contributed by atoms with E-state index in [-0.39, 0.29) is 16.9 Å². The molecule has 0 spiro atoms. The first kappa shape index (κ1) is 16.9. The molecular formula is C16H16F3N3OS. The lowest BCUT2D eigenvalue weighted by molar-refractivity contribution is -0.137. The maximum Gasteiger partial charge on any atom is 0.416 e. The Morgan fingerprint density at radius 3 is 2.42 bits per heavy atom. The lowest BCUT2D eigenvalue weighted by atomic mass is 10.0. The summed E-state index contributed by atoms with van der Waals surface area (Å²) < 4.78 is 39.9. The van der Waals surface area contributed by atoms with Crippen molar-refractivity contribution in [2.45, 2.75) is 38.2 Å². The number of aliphatic imine (C=N–C) groups is 1. The van der Waals surface area contributed by atoms with E-state index in [4.69, 9.17) is 0 Å². The number of thioether (sulfide) groups is 1. The molecule has 1 aliphatic rings. The molecule has 1 N–H and O–H groups in total. The van der Waals surface area contributed by atoms with Gasteiger partial charge in [-0.2, -0.15) is 13.2 Å². The summed E-state index contributed by atoms with van der Waals surface area (Å²) >= 11 is 1.37. The Morgan fingerprint density at radius 1 is 1.25 bits per heavy atom. The minimum Gasteiger partial charge on any atom is -0.268 e. The third-order valence-corrected chi connectivity index (χ3v) is 4.98. The van der Waals surface area contributed by atoms with Gasteiger partial charge in [0.1, 0.15) is 0 Å². The van der Waals surface area contributed by atoms with Crippen molar-refractivity contribution in [1.29, 1.82) is 0 Å². The summed E-state index contributed by atoms with van der Waals surface area (Å²) in [7, 11) is 0. The van der Waals surface area contributed by atoms with Crippen LogP contribution in [0.3, 0.4) is 0 Å². The lowest BCUT2D eigenvalue weighted by Gasteiger charge is -2.21. The summed E-state index contributed by atoms with van der Waals surface area (Å²) in [6.45, 7) is 5.68. The predicted octanol–water partition coefficient (Wildman–Crippen LogP) is 4.66. The molecule has 2 heterocycles. The Bertz CT molecular complexity index is 847. The van der Waals surface area contributed by atoms with E-state index < -0.39 is 11.7 Å². The number of hydrogen-bond donors (Lipinski definition) is 1. The molecule has 0 unspecified atom stereocenters. The van der Waals surface area contributed by atoms with Crippen LogP contribution in [0, 0.1) is 0 Å². The van der Waals surface area contributed by atoms with E-state index in [0.717, 1.165) is 17.2 Å². The first-order valence-electron chi connectivity index (χ1n) is 7.42. The van der Waals surface area contributed by atoms with Gasteiger partial charge in [-0.1, -0.05) is 23.9 Å². The summed E-state index contributed by atoms with van der Waals surface area (Å²) in [6.07, 6.45) is -4.38. The zero-order valence-electron chi connectivity index (χ0n) is 13.3. The van der Waals surface area contributed by atoms with Crippen LogP contribution < -0.4 is 5.56 Å². The molecule has 4 nitrogen and oxygen atoms in total. The van der Waals surface area contributed by atoms with Gasteiger partial charge in [-0.15, -0.1) is 0 Å². The minimum absolute atomic E-state index is 0.0226. The van der Waals surface area contributed by atoms with Crippen LogP contribution in [0.5, 0.6) is 0 Å². The quantitative estimate of drug-likeness (QED) is 0.852. The summed E-state index contributed by atoms with van der Waals surface area (Å²) in [5.74, 6) is 0.552. The third-order valence-electron chi connectivity index (χ3n) is 3.81. The second-order valence-corrected chi connectivity index (χ2v) is 7.19. The van der Waals surface area contributed by atoms with Gasteiger partial charge < -0.3 is 0 Å². The predicted molar refractivity (Wildman–Crippen MR) is 89.1 cm³/mol. The van der Waals surface area contributed by atoms with Crippen molar-refractivity contribution in [1.82, 2.24) is 9.78 Å². The second kappa shape index (κ2) is 5.84. The summed E-state index contributed by atoms with van der Waals surface area (Å²) in [6, 6.07) is 4.97. The van der Waals surface area contributed by atoms with E-state index >= 15 is 0 Å². The second-order valence-electron chi connectivity index (χ2n) is 5.89. The standard InChI is InChI=1S/C16H16F3N3OS/c1-8(2)22-14-12(15(23)21-22)13(24-9(3)20-14)10-4-6-11(7-5-10)16(17,18)19/h4-8,13H,1-3H3,(H,21,23)/t13-/m0/s1. The van der Waals surface area contributed by atoms with Crippen molar-refractivity contribution in [2.24, 2.45) is 4.99 Å². The Hall–Kier alpha value is -1.96. The van der Waals surface area contributed by atoms with Gasteiger partial charge >= 0.3 is 6.18 Å². The molecular weight excluding hydrogens is 339 g/mol. The normalized spacial score (nSPS) is 17.8. The maximum atomic E-state index is 12.7. The van der Waals surface area contributed by atoms with E-state index in [1.165, 1.54) is 23.9 Å². The van der Waals surface area contributed by atoms with Crippen LogP contribution in [0.15, 0.2) is 34.1 Å². The number of nitrogens with one attached hydrogen (secondary N) is 1. The topological polar surface area (TPSA) is 50.1 Å².